The van der Waals surface area contributed by atoms with Crippen molar-refractivity contribution in [3.63, 3.8) is 0 Å². The Hall–Kier alpha value is -3.08. The zero-order chi connectivity index (χ0) is 18.1. The number of aryl methyl sites for hydroxylation is 2. The van der Waals surface area contributed by atoms with Crippen LogP contribution in [-0.4, -0.2) is 14.2 Å². The van der Waals surface area contributed by atoms with Crippen molar-refractivity contribution < 1.29 is 9.47 Å². The molecule has 0 aliphatic rings. The molecule has 0 atom stereocenters. The van der Waals surface area contributed by atoms with E-state index in [1.807, 2.05) is 32.0 Å². The summed E-state index contributed by atoms with van der Waals surface area (Å²) in [7, 11) is 3.10. The highest BCUT2D eigenvalue weighted by atomic mass is 16.5. The summed E-state index contributed by atoms with van der Waals surface area (Å²) in [5, 5.41) is 3.04. The van der Waals surface area contributed by atoms with E-state index in [4.69, 9.17) is 9.47 Å². The second kappa shape index (κ2) is 6.43. The SMILES string of the molecule is COc1ccc(Nc2c(-c3ccc(C)c(C)c3)c(=O)c2=O)cc1OC. The van der Waals surface area contributed by atoms with E-state index in [-0.39, 0.29) is 0 Å². The van der Waals surface area contributed by atoms with Gasteiger partial charge < -0.3 is 14.8 Å². The van der Waals surface area contributed by atoms with Crippen molar-refractivity contribution in [1.29, 1.82) is 0 Å². The fourth-order valence-electron chi connectivity index (χ4n) is 2.74. The average molecular weight is 337 g/mol. The molecule has 0 saturated carbocycles. The molecule has 3 aromatic rings. The number of ether oxygens (including phenoxy) is 2. The largest absolute Gasteiger partial charge is 0.493 e. The predicted molar refractivity (Wildman–Crippen MR) is 99.1 cm³/mol. The average Bonchev–Trinajstić information content (AvgIpc) is 2.63. The summed E-state index contributed by atoms with van der Waals surface area (Å²) >= 11 is 0. The molecule has 3 aromatic carbocycles. The number of hydrogen-bond donors (Lipinski definition) is 1. The Morgan fingerprint density at radius 3 is 2.16 bits per heavy atom. The van der Waals surface area contributed by atoms with Crippen molar-refractivity contribution in [2.45, 2.75) is 13.8 Å². The zero-order valence-electron chi connectivity index (χ0n) is 14.6. The van der Waals surface area contributed by atoms with E-state index >= 15 is 0 Å². The van der Waals surface area contributed by atoms with Crippen molar-refractivity contribution in [2.75, 3.05) is 19.5 Å². The van der Waals surface area contributed by atoms with Gasteiger partial charge in [0.1, 0.15) is 5.69 Å². The molecule has 0 heterocycles. The Labute approximate surface area is 145 Å². The van der Waals surface area contributed by atoms with Gasteiger partial charge in [0.05, 0.1) is 19.8 Å². The quantitative estimate of drug-likeness (QED) is 0.724. The number of rotatable bonds is 5. The van der Waals surface area contributed by atoms with Crippen LogP contribution in [0.4, 0.5) is 11.4 Å². The molecule has 5 nitrogen and oxygen atoms in total. The lowest BCUT2D eigenvalue weighted by molar-refractivity contribution is 0.355. The molecule has 0 aromatic heterocycles. The smallest absolute Gasteiger partial charge is 0.250 e. The monoisotopic (exact) mass is 337 g/mol. The number of anilines is 2. The Morgan fingerprint density at radius 2 is 1.52 bits per heavy atom. The molecule has 0 radical (unpaired) electrons. The first kappa shape index (κ1) is 16.8. The van der Waals surface area contributed by atoms with Gasteiger partial charge >= 0.3 is 0 Å². The molecule has 0 aliphatic heterocycles. The number of benzene rings is 2. The van der Waals surface area contributed by atoms with E-state index in [1.165, 1.54) is 0 Å². The van der Waals surface area contributed by atoms with Gasteiger partial charge in [0.25, 0.3) is 5.43 Å². The summed E-state index contributed by atoms with van der Waals surface area (Å²) in [5.74, 6) is 1.13. The van der Waals surface area contributed by atoms with E-state index in [1.54, 1.807) is 32.4 Å². The molecule has 3 rings (SSSR count). The van der Waals surface area contributed by atoms with Crippen molar-refractivity contribution >= 4 is 11.4 Å². The van der Waals surface area contributed by atoms with Crippen LogP contribution < -0.4 is 25.6 Å². The summed E-state index contributed by atoms with van der Waals surface area (Å²) in [6.45, 7) is 3.98. The van der Waals surface area contributed by atoms with Gasteiger partial charge in [0.15, 0.2) is 11.5 Å². The normalized spacial score (nSPS) is 10.7. The topological polar surface area (TPSA) is 64.6 Å². The van der Waals surface area contributed by atoms with Gasteiger partial charge in [0, 0.05) is 11.8 Å². The maximum atomic E-state index is 12.1. The third-order valence-electron chi connectivity index (χ3n) is 4.36. The lowest BCUT2D eigenvalue weighted by atomic mass is 9.95. The highest BCUT2D eigenvalue weighted by molar-refractivity contribution is 5.85. The molecule has 0 fully saturated rings. The summed E-state index contributed by atoms with van der Waals surface area (Å²) in [5.41, 5.74) is 3.35. The molecule has 0 saturated heterocycles. The van der Waals surface area contributed by atoms with Crippen LogP contribution in [0.1, 0.15) is 11.1 Å². The van der Waals surface area contributed by atoms with Crippen LogP contribution in [0.2, 0.25) is 0 Å². The van der Waals surface area contributed by atoms with E-state index in [2.05, 4.69) is 5.32 Å². The highest BCUT2D eigenvalue weighted by Crippen LogP contribution is 2.33. The van der Waals surface area contributed by atoms with Crippen LogP contribution in [0.5, 0.6) is 11.5 Å². The molecule has 0 bridgehead atoms. The predicted octanol–water partition coefficient (Wildman–Crippen LogP) is 3.33. The second-order valence-corrected chi connectivity index (χ2v) is 5.90. The lowest BCUT2D eigenvalue weighted by Crippen LogP contribution is -2.35. The van der Waals surface area contributed by atoms with Crippen LogP contribution in [0, 0.1) is 13.8 Å². The third kappa shape index (κ3) is 2.89. The van der Waals surface area contributed by atoms with E-state index in [0.717, 1.165) is 16.7 Å². The molecule has 0 spiro atoms. The van der Waals surface area contributed by atoms with Crippen LogP contribution in [0.3, 0.4) is 0 Å². The Balaban J connectivity index is 2.00. The summed E-state index contributed by atoms with van der Waals surface area (Å²) < 4.78 is 10.5. The summed E-state index contributed by atoms with van der Waals surface area (Å²) in [6, 6.07) is 11.0. The third-order valence-corrected chi connectivity index (χ3v) is 4.36. The van der Waals surface area contributed by atoms with E-state index < -0.39 is 10.9 Å². The molecule has 25 heavy (non-hydrogen) atoms. The van der Waals surface area contributed by atoms with Gasteiger partial charge in [-0.1, -0.05) is 18.2 Å². The lowest BCUT2D eigenvalue weighted by Gasteiger charge is -2.16. The minimum atomic E-state index is -0.511. The van der Waals surface area contributed by atoms with Gasteiger partial charge in [-0.3, -0.25) is 9.59 Å². The minimum Gasteiger partial charge on any atom is -0.493 e. The van der Waals surface area contributed by atoms with Crippen molar-refractivity contribution in [1.82, 2.24) is 0 Å². The molecular weight excluding hydrogens is 318 g/mol. The van der Waals surface area contributed by atoms with Gasteiger partial charge in [-0.05, 0) is 42.7 Å². The maximum absolute atomic E-state index is 12.1. The van der Waals surface area contributed by atoms with Gasteiger partial charge in [0.2, 0.25) is 5.43 Å². The van der Waals surface area contributed by atoms with E-state index in [0.29, 0.717) is 28.4 Å². The number of hydrogen-bond acceptors (Lipinski definition) is 5. The first-order valence-electron chi connectivity index (χ1n) is 7.86. The second-order valence-electron chi connectivity index (χ2n) is 5.90. The van der Waals surface area contributed by atoms with Crippen molar-refractivity contribution in [3.8, 4) is 22.6 Å². The van der Waals surface area contributed by atoms with Gasteiger partial charge in [-0.15, -0.1) is 0 Å². The zero-order valence-corrected chi connectivity index (χ0v) is 14.6. The van der Waals surface area contributed by atoms with Crippen LogP contribution in [0.15, 0.2) is 46.0 Å². The maximum Gasteiger partial charge on any atom is 0.250 e. The van der Waals surface area contributed by atoms with Gasteiger partial charge in [-0.2, -0.15) is 0 Å². The Morgan fingerprint density at radius 1 is 0.800 bits per heavy atom. The highest BCUT2D eigenvalue weighted by Gasteiger charge is 2.23. The summed E-state index contributed by atoms with van der Waals surface area (Å²) in [6.07, 6.45) is 0. The van der Waals surface area contributed by atoms with Crippen LogP contribution in [0.25, 0.3) is 11.1 Å². The molecule has 128 valence electrons. The Kier molecular flexibility index (Phi) is 4.31. The molecule has 0 amide bonds. The summed E-state index contributed by atoms with van der Waals surface area (Å²) in [4.78, 5) is 24.1. The molecule has 1 N–H and O–H groups in total. The first-order chi connectivity index (χ1) is 12.0. The first-order valence-corrected chi connectivity index (χ1v) is 7.86. The van der Waals surface area contributed by atoms with Crippen molar-refractivity contribution in [2.24, 2.45) is 0 Å². The molecule has 0 unspecified atom stereocenters. The van der Waals surface area contributed by atoms with Gasteiger partial charge in [-0.25, -0.2) is 0 Å². The molecular formula is C20H19NO4. The van der Waals surface area contributed by atoms with E-state index in [9.17, 15) is 9.59 Å². The molecule has 0 aliphatic carbocycles. The standard InChI is InChI=1S/C20H19NO4/c1-11-5-6-13(9-12(11)2)17-18(20(23)19(17)22)21-14-7-8-15(24-3)16(10-14)25-4/h5-10,21H,1-4H3. The number of nitrogens with one attached hydrogen (secondary N) is 1. The van der Waals surface area contributed by atoms with Crippen molar-refractivity contribution in [3.05, 3.63) is 68.0 Å². The minimum absolute atomic E-state index is 0.306. The molecule has 5 heteroatoms. The van der Waals surface area contributed by atoms with Crippen LogP contribution >= 0.6 is 0 Å². The Bertz CT molecular complexity index is 1010. The fraction of sp³-hybridized carbons (Fsp3) is 0.200. The van der Waals surface area contributed by atoms with Crippen LogP contribution in [-0.2, 0) is 0 Å². The fourth-order valence-corrected chi connectivity index (χ4v) is 2.74. The number of methoxy groups -OCH3 is 2.